The number of nitrogens with one attached hydrogen (secondary N) is 3. The standard InChI is InChI=1S/C26H31N7O4/c1-25(2,3)24(36)37-14-33-12-17(23(35)32-26(4,5)13-34)21-22(33)30-11-19(31-21)20(28)16-8-7-15(10-27)9-18(16)29-6/h7-9,11-12,28-29,34H,13-14H2,1-6H3,(H,32,35). The minimum absolute atomic E-state index is 0.0391. The number of aliphatic hydroxyl groups excluding tert-OH is 1. The van der Waals surface area contributed by atoms with Crippen LogP contribution in [0.1, 0.15) is 61.8 Å². The number of anilines is 1. The number of hydrogen-bond donors (Lipinski definition) is 4. The lowest BCUT2D eigenvalue weighted by Gasteiger charge is -2.23. The first-order chi connectivity index (χ1) is 17.3. The lowest BCUT2D eigenvalue weighted by Crippen LogP contribution is -2.46. The fourth-order valence-electron chi connectivity index (χ4n) is 3.37. The van der Waals surface area contributed by atoms with Crippen LogP contribution in [-0.2, 0) is 16.3 Å². The molecule has 0 aliphatic rings. The number of aromatic nitrogens is 3. The van der Waals surface area contributed by atoms with Crippen LogP contribution in [0.25, 0.3) is 11.2 Å². The molecule has 0 fully saturated rings. The number of fused-ring (bicyclic) bond motifs is 1. The van der Waals surface area contributed by atoms with Gasteiger partial charge in [0.1, 0.15) is 11.2 Å². The largest absolute Gasteiger partial charge is 0.443 e. The van der Waals surface area contributed by atoms with Crippen LogP contribution in [0.3, 0.4) is 0 Å². The maximum absolute atomic E-state index is 13.2. The zero-order valence-corrected chi connectivity index (χ0v) is 21.8. The van der Waals surface area contributed by atoms with Gasteiger partial charge in [0.15, 0.2) is 12.4 Å². The molecule has 2 aromatic heterocycles. The molecule has 0 radical (unpaired) electrons. The van der Waals surface area contributed by atoms with Gasteiger partial charge in [0.05, 0.1) is 46.7 Å². The molecular formula is C26H31N7O4. The van der Waals surface area contributed by atoms with Crippen molar-refractivity contribution in [3.63, 3.8) is 0 Å². The molecule has 37 heavy (non-hydrogen) atoms. The second-order valence-corrected chi connectivity index (χ2v) is 10.2. The molecule has 0 atom stereocenters. The fraction of sp³-hybridized carbons (Fsp3) is 0.385. The van der Waals surface area contributed by atoms with Gasteiger partial charge in [-0.3, -0.25) is 19.6 Å². The normalized spacial score (nSPS) is 11.6. The van der Waals surface area contributed by atoms with Crippen molar-refractivity contribution >= 4 is 34.4 Å². The van der Waals surface area contributed by atoms with E-state index in [1.807, 2.05) is 0 Å². The lowest BCUT2D eigenvalue weighted by atomic mass is 9.98. The van der Waals surface area contributed by atoms with Crippen molar-refractivity contribution < 1.29 is 19.4 Å². The Labute approximate surface area is 215 Å². The highest BCUT2D eigenvalue weighted by Crippen LogP contribution is 2.24. The van der Waals surface area contributed by atoms with Gasteiger partial charge in [0.25, 0.3) is 5.91 Å². The summed E-state index contributed by atoms with van der Waals surface area (Å²) in [6.07, 6.45) is 2.89. The van der Waals surface area contributed by atoms with Crippen molar-refractivity contribution in [3.05, 3.63) is 53.0 Å². The number of carbonyl (C=O) groups is 2. The Morgan fingerprint density at radius 2 is 1.92 bits per heavy atom. The zero-order valence-electron chi connectivity index (χ0n) is 21.8. The Hall–Kier alpha value is -4.30. The molecule has 3 aromatic rings. The molecule has 11 nitrogen and oxygen atoms in total. The molecule has 1 amide bonds. The molecule has 0 saturated heterocycles. The average molecular weight is 506 g/mol. The summed E-state index contributed by atoms with van der Waals surface area (Å²) in [5.74, 6) is -0.925. The van der Waals surface area contributed by atoms with Crippen molar-refractivity contribution in [1.82, 2.24) is 19.9 Å². The van der Waals surface area contributed by atoms with Crippen LogP contribution >= 0.6 is 0 Å². The van der Waals surface area contributed by atoms with E-state index in [2.05, 4.69) is 26.7 Å². The summed E-state index contributed by atoms with van der Waals surface area (Å²) in [6.45, 7) is 8.08. The molecule has 2 heterocycles. The molecular weight excluding hydrogens is 474 g/mol. The highest BCUT2D eigenvalue weighted by molar-refractivity contribution is 6.14. The van der Waals surface area contributed by atoms with Crippen LogP contribution in [0.5, 0.6) is 0 Å². The smallest absolute Gasteiger partial charge is 0.312 e. The van der Waals surface area contributed by atoms with Gasteiger partial charge in [-0.1, -0.05) is 0 Å². The van der Waals surface area contributed by atoms with Crippen LogP contribution in [0.4, 0.5) is 5.69 Å². The van der Waals surface area contributed by atoms with Gasteiger partial charge in [-0.25, -0.2) is 9.97 Å². The summed E-state index contributed by atoms with van der Waals surface area (Å²) in [4.78, 5) is 34.5. The molecule has 0 spiro atoms. The number of esters is 1. The highest BCUT2D eigenvalue weighted by atomic mass is 16.5. The molecule has 11 heteroatoms. The predicted octanol–water partition coefficient (Wildman–Crippen LogP) is 2.81. The molecule has 0 saturated carbocycles. The molecule has 0 aliphatic carbocycles. The Morgan fingerprint density at radius 3 is 2.51 bits per heavy atom. The highest BCUT2D eigenvalue weighted by Gasteiger charge is 2.27. The number of ether oxygens (including phenoxy) is 1. The minimum Gasteiger partial charge on any atom is -0.443 e. The number of benzene rings is 1. The summed E-state index contributed by atoms with van der Waals surface area (Å²) in [7, 11) is 1.69. The first kappa shape index (κ1) is 27.3. The third-order valence-corrected chi connectivity index (χ3v) is 5.55. The van der Waals surface area contributed by atoms with Crippen LogP contribution in [0, 0.1) is 22.2 Å². The van der Waals surface area contributed by atoms with Gasteiger partial charge in [-0.05, 0) is 52.8 Å². The van der Waals surface area contributed by atoms with Crippen LogP contribution in [0.15, 0.2) is 30.6 Å². The Balaban J connectivity index is 2.09. The maximum Gasteiger partial charge on any atom is 0.312 e. The van der Waals surface area contributed by atoms with Crippen molar-refractivity contribution in [2.75, 3.05) is 19.0 Å². The molecule has 1 aromatic carbocycles. The lowest BCUT2D eigenvalue weighted by molar-refractivity contribution is -0.156. The summed E-state index contributed by atoms with van der Waals surface area (Å²) < 4.78 is 6.92. The average Bonchev–Trinajstić information content (AvgIpc) is 3.23. The third kappa shape index (κ3) is 5.92. The number of nitriles is 1. The Morgan fingerprint density at radius 1 is 1.22 bits per heavy atom. The van der Waals surface area contributed by atoms with E-state index in [9.17, 15) is 20.0 Å². The van der Waals surface area contributed by atoms with E-state index in [1.165, 1.54) is 17.0 Å². The first-order valence-electron chi connectivity index (χ1n) is 11.6. The first-order valence-corrected chi connectivity index (χ1v) is 11.6. The number of carbonyl (C=O) groups excluding carboxylic acids is 2. The van der Waals surface area contributed by atoms with E-state index in [1.54, 1.807) is 59.9 Å². The van der Waals surface area contributed by atoms with Crippen molar-refractivity contribution in [3.8, 4) is 6.07 Å². The van der Waals surface area contributed by atoms with Crippen molar-refractivity contribution in [1.29, 1.82) is 10.7 Å². The second-order valence-electron chi connectivity index (χ2n) is 10.2. The fourth-order valence-corrected chi connectivity index (χ4v) is 3.37. The zero-order chi connectivity index (χ0) is 27.5. The molecule has 194 valence electrons. The van der Waals surface area contributed by atoms with Gasteiger partial charge in [-0.2, -0.15) is 5.26 Å². The monoisotopic (exact) mass is 505 g/mol. The van der Waals surface area contributed by atoms with E-state index in [0.29, 0.717) is 22.5 Å². The number of nitrogens with zero attached hydrogens (tertiary/aromatic N) is 4. The predicted molar refractivity (Wildman–Crippen MR) is 138 cm³/mol. The number of aliphatic hydroxyl groups is 1. The summed E-state index contributed by atoms with van der Waals surface area (Å²) >= 11 is 0. The second kappa shape index (κ2) is 10.4. The topological polar surface area (TPSA) is 166 Å². The van der Waals surface area contributed by atoms with Gasteiger partial charge in [0, 0.05) is 24.5 Å². The number of hydrogen-bond acceptors (Lipinski definition) is 9. The van der Waals surface area contributed by atoms with E-state index in [-0.39, 0.29) is 35.8 Å². The number of rotatable bonds is 8. The van der Waals surface area contributed by atoms with Gasteiger partial charge < -0.3 is 20.5 Å². The molecule has 0 bridgehead atoms. The van der Waals surface area contributed by atoms with E-state index >= 15 is 0 Å². The summed E-state index contributed by atoms with van der Waals surface area (Å²) in [6, 6.07) is 6.95. The van der Waals surface area contributed by atoms with E-state index in [4.69, 9.17) is 10.1 Å². The summed E-state index contributed by atoms with van der Waals surface area (Å²) in [5, 5.41) is 33.3. The number of amides is 1. The van der Waals surface area contributed by atoms with Gasteiger partial charge in [0.2, 0.25) is 0 Å². The third-order valence-electron chi connectivity index (χ3n) is 5.55. The molecule has 0 aliphatic heterocycles. The van der Waals surface area contributed by atoms with E-state index < -0.39 is 22.8 Å². The molecule has 3 rings (SSSR count). The van der Waals surface area contributed by atoms with Crippen LogP contribution < -0.4 is 10.6 Å². The van der Waals surface area contributed by atoms with Crippen LogP contribution in [0.2, 0.25) is 0 Å². The summed E-state index contributed by atoms with van der Waals surface area (Å²) in [5.41, 5.74) is 0.792. The van der Waals surface area contributed by atoms with Crippen molar-refractivity contribution in [2.45, 2.75) is 46.9 Å². The van der Waals surface area contributed by atoms with Crippen molar-refractivity contribution in [2.24, 2.45) is 5.41 Å². The SMILES string of the molecule is CNc1cc(C#N)ccc1C(=N)c1cnc2c(n1)c(C(=O)NC(C)(C)CO)cn2COC(=O)C(C)(C)C. The minimum atomic E-state index is -0.897. The van der Waals surface area contributed by atoms with E-state index in [0.717, 1.165) is 0 Å². The van der Waals surface area contributed by atoms with Gasteiger partial charge in [-0.15, -0.1) is 0 Å². The quantitative estimate of drug-likeness (QED) is 0.268. The Bertz CT molecular complexity index is 1410. The van der Waals surface area contributed by atoms with Crippen LogP contribution in [-0.4, -0.2) is 56.4 Å². The molecule has 4 N–H and O–H groups in total. The van der Waals surface area contributed by atoms with Gasteiger partial charge >= 0.3 is 5.97 Å². The molecule has 0 unspecified atom stereocenters. The maximum atomic E-state index is 13.2. The Kier molecular flexibility index (Phi) is 7.64.